The number of para-hydroxylation sites is 2. The van der Waals surface area contributed by atoms with Crippen molar-refractivity contribution < 1.29 is 4.79 Å². The second-order valence-electron chi connectivity index (χ2n) is 5.90. The molecule has 0 aliphatic carbocycles. The quantitative estimate of drug-likeness (QED) is 0.739. The van der Waals surface area contributed by atoms with E-state index < -0.39 is 0 Å². The summed E-state index contributed by atoms with van der Waals surface area (Å²) < 4.78 is 0. The van der Waals surface area contributed by atoms with E-state index in [9.17, 15) is 4.79 Å². The minimum atomic E-state index is -0.111. The van der Waals surface area contributed by atoms with Crippen molar-refractivity contribution >= 4 is 40.4 Å². The van der Waals surface area contributed by atoms with Gasteiger partial charge in [0.05, 0.1) is 22.1 Å². The molecule has 0 aliphatic heterocycles. The molecule has 1 aromatic heterocycles. The van der Waals surface area contributed by atoms with Crippen LogP contribution in [0.25, 0.3) is 22.1 Å². The van der Waals surface area contributed by atoms with E-state index in [0.29, 0.717) is 17.6 Å². The van der Waals surface area contributed by atoms with Crippen LogP contribution >= 0.6 is 12.4 Å². The molecule has 1 amide bonds. The Labute approximate surface area is 147 Å². The van der Waals surface area contributed by atoms with Gasteiger partial charge in [-0.3, -0.25) is 4.79 Å². The lowest BCUT2D eigenvalue weighted by Gasteiger charge is -2.11. The van der Waals surface area contributed by atoms with Gasteiger partial charge in [-0.05, 0) is 44.8 Å². The highest BCUT2D eigenvalue weighted by Crippen LogP contribution is 2.21. The standard InChI is InChI=1S/C18H20N4O.ClH/c1-12-6-4-8-14-16(12)21-17-13(7-5-9-15(17)20-14)18(23)19-10-11-22(2)3;/h4-9H,10-11H2,1-3H3,(H,19,23);1H. The average Bonchev–Trinajstić information content (AvgIpc) is 2.52. The van der Waals surface area contributed by atoms with Crippen molar-refractivity contribution in [2.75, 3.05) is 27.2 Å². The second-order valence-corrected chi connectivity index (χ2v) is 5.90. The third-order valence-corrected chi connectivity index (χ3v) is 3.78. The van der Waals surface area contributed by atoms with Gasteiger partial charge in [0.25, 0.3) is 5.91 Å². The fourth-order valence-corrected chi connectivity index (χ4v) is 2.53. The Morgan fingerprint density at radius 3 is 2.42 bits per heavy atom. The highest BCUT2D eigenvalue weighted by atomic mass is 35.5. The maximum absolute atomic E-state index is 12.5. The van der Waals surface area contributed by atoms with Crippen LogP contribution in [0.2, 0.25) is 0 Å². The van der Waals surface area contributed by atoms with Crippen LogP contribution in [0, 0.1) is 6.92 Å². The van der Waals surface area contributed by atoms with Crippen molar-refractivity contribution in [1.82, 2.24) is 20.2 Å². The molecule has 0 atom stereocenters. The first-order valence-corrected chi connectivity index (χ1v) is 7.65. The molecular formula is C18H21ClN4O. The number of halogens is 1. The highest BCUT2D eigenvalue weighted by molar-refractivity contribution is 6.06. The average molecular weight is 345 g/mol. The van der Waals surface area contributed by atoms with Gasteiger partial charge in [0.1, 0.15) is 5.52 Å². The smallest absolute Gasteiger partial charge is 0.253 e. The van der Waals surface area contributed by atoms with Gasteiger partial charge in [-0.1, -0.05) is 18.2 Å². The van der Waals surface area contributed by atoms with Crippen LogP contribution in [0.1, 0.15) is 15.9 Å². The first kappa shape index (κ1) is 18.1. The summed E-state index contributed by atoms with van der Waals surface area (Å²) in [4.78, 5) is 23.8. The number of carbonyl (C=O) groups excluding carboxylic acids is 1. The maximum atomic E-state index is 12.5. The maximum Gasteiger partial charge on any atom is 0.253 e. The number of nitrogens with one attached hydrogen (secondary N) is 1. The fourth-order valence-electron chi connectivity index (χ4n) is 2.53. The topological polar surface area (TPSA) is 58.1 Å². The fraction of sp³-hybridized carbons (Fsp3) is 0.278. The van der Waals surface area contributed by atoms with E-state index >= 15 is 0 Å². The van der Waals surface area contributed by atoms with E-state index in [1.165, 1.54) is 0 Å². The van der Waals surface area contributed by atoms with Crippen LogP contribution in [0.3, 0.4) is 0 Å². The molecule has 6 heteroatoms. The van der Waals surface area contributed by atoms with Crippen LogP contribution in [0.5, 0.6) is 0 Å². The zero-order valence-electron chi connectivity index (χ0n) is 14.0. The van der Waals surface area contributed by atoms with E-state index in [0.717, 1.165) is 28.7 Å². The SMILES string of the molecule is Cc1cccc2nc3cccc(C(=O)NCCN(C)C)c3nc12.Cl. The largest absolute Gasteiger partial charge is 0.351 e. The Morgan fingerprint density at radius 1 is 1.04 bits per heavy atom. The second kappa shape index (κ2) is 7.55. The number of nitrogens with zero attached hydrogens (tertiary/aromatic N) is 3. The van der Waals surface area contributed by atoms with Gasteiger partial charge in [0.2, 0.25) is 0 Å². The lowest BCUT2D eigenvalue weighted by molar-refractivity contribution is 0.0952. The van der Waals surface area contributed by atoms with Crippen molar-refractivity contribution in [2.24, 2.45) is 0 Å². The molecule has 0 fully saturated rings. The predicted molar refractivity (Wildman–Crippen MR) is 99.9 cm³/mol. The number of fused-ring (bicyclic) bond motifs is 2. The zero-order chi connectivity index (χ0) is 16.4. The minimum absolute atomic E-state index is 0. The van der Waals surface area contributed by atoms with Gasteiger partial charge in [-0.2, -0.15) is 0 Å². The molecule has 126 valence electrons. The summed E-state index contributed by atoms with van der Waals surface area (Å²) in [7, 11) is 3.95. The summed E-state index contributed by atoms with van der Waals surface area (Å²) in [5.74, 6) is -0.111. The molecule has 0 unspecified atom stereocenters. The predicted octanol–water partition coefficient (Wildman–Crippen LogP) is 2.80. The van der Waals surface area contributed by atoms with Gasteiger partial charge in [-0.15, -0.1) is 12.4 Å². The molecule has 3 rings (SSSR count). The Hall–Kier alpha value is -2.24. The van der Waals surface area contributed by atoms with Crippen LogP contribution < -0.4 is 5.32 Å². The Bertz CT molecular complexity index is 879. The Kier molecular flexibility index (Phi) is 5.70. The Balaban J connectivity index is 0.00000208. The minimum Gasteiger partial charge on any atom is -0.351 e. The number of hydrogen-bond acceptors (Lipinski definition) is 4. The molecule has 1 heterocycles. The van der Waals surface area contributed by atoms with Crippen molar-refractivity contribution in [1.29, 1.82) is 0 Å². The molecule has 0 saturated heterocycles. The van der Waals surface area contributed by atoms with E-state index in [1.807, 2.05) is 56.3 Å². The van der Waals surface area contributed by atoms with Crippen molar-refractivity contribution in [2.45, 2.75) is 6.92 Å². The summed E-state index contributed by atoms with van der Waals surface area (Å²) in [6.45, 7) is 3.40. The molecule has 0 spiro atoms. The van der Waals surface area contributed by atoms with Gasteiger partial charge < -0.3 is 10.2 Å². The van der Waals surface area contributed by atoms with E-state index in [-0.39, 0.29) is 18.3 Å². The van der Waals surface area contributed by atoms with Crippen molar-refractivity contribution in [3.05, 3.63) is 47.5 Å². The molecular weight excluding hydrogens is 324 g/mol. The molecule has 0 radical (unpaired) electrons. The van der Waals surface area contributed by atoms with E-state index in [2.05, 4.69) is 10.3 Å². The van der Waals surface area contributed by atoms with Crippen molar-refractivity contribution in [3.8, 4) is 0 Å². The molecule has 3 aromatic rings. The molecule has 0 aliphatic rings. The number of likely N-dealkylation sites (N-methyl/N-ethyl adjacent to an activating group) is 1. The zero-order valence-corrected chi connectivity index (χ0v) is 14.9. The van der Waals surface area contributed by atoms with Crippen LogP contribution in [0.15, 0.2) is 36.4 Å². The number of carbonyl (C=O) groups is 1. The van der Waals surface area contributed by atoms with Gasteiger partial charge >= 0.3 is 0 Å². The molecule has 5 nitrogen and oxygen atoms in total. The lowest BCUT2D eigenvalue weighted by atomic mass is 10.1. The third-order valence-electron chi connectivity index (χ3n) is 3.78. The van der Waals surface area contributed by atoms with Crippen molar-refractivity contribution in [3.63, 3.8) is 0 Å². The molecule has 0 bridgehead atoms. The first-order chi connectivity index (χ1) is 11.1. The van der Waals surface area contributed by atoms with Gasteiger partial charge in [-0.25, -0.2) is 9.97 Å². The highest BCUT2D eigenvalue weighted by Gasteiger charge is 2.13. The molecule has 1 N–H and O–H groups in total. The van der Waals surface area contributed by atoms with E-state index in [1.54, 1.807) is 6.07 Å². The van der Waals surface area contributed by atoms with Crippen LogP contribution in [0.4, 0.5) is 0 Å². The number of aryl methyl sites for hydroxylation is 1. The molecule has 24 heavy (non-hydrogen) atoms. The van der Waals surface area contributed by atoms with E-state index in [4.69, 9.17) is 4.98 Å². The monoisotopic (exact) mass is 344 g/mol. The summed E-state index contributed by atoms with van der Waals surface area (Å²) in [6, 6.07) is 11.4. The lowest BCUT2D eigenvalue weighted by Crippen LogP contribution is -2.31. The van der Waals surface area contributed by atoms with Gasteiger partial charge in [0.15, 0.2) is 0 Å². The van der Waals surface area contributed by atoms with Crippen LogP contribution in [-0.4, -0.2) is 48.0 Å². The molecule has 0 saturated carbocycles. The summed E-state index contributed by atoms with van der Waals surface area (Å²) in [6.07, 6.45) is 0. The summed E-state index contributed by atoms with van der Waals surface area (Å²) in [5, 5.41) is 2.94. The molecule has 2 aromatic carbocycles. The summed E-state index contributed by atoms with van der Waals surface area (Å²) in [5.41, 5.74) is 4.70. The van der Waals surface area contributed by atoms with Crippen LogP contribution in [-0.2, 0) is 0 Å². The normalized spacial score (nSPS) is 10.8. The first-order valence-electron chi connectivity index (χ1n) is 7.65. The number of amides is 1. The third kappa shape index (κ3) is 3.63. The number of rotatable bonds is 4. The number of benzene rings is 2. The van der Waals surface area contributed by atoms with Gasteiger partial charge in [0, 0.05) is 13.1 Å². The number of aromatic nitrogens is 2. The number of hydrogen-bond donors (Lipinski definition) is 1. The Morgan fingerprint density at radius 2 is 1.71 bits per heavy atom. The summed E-state index contributed by atoms with van der Waals surface area (Å²) >= 11 is 0.